The predicted molar refractivity (Wildman–Crippen MR) is 116 cm³/mol. The smallest absolute Gasteiger partial charge is 0.235 e. The van der Waals surface area contributed by atoms with Crippen LogP contribution in [0.4, 0.5) is 5.95 Å². The van der Waals surface area contributed by atoms with Gasteiger partial charge in [0.2, 0.25) is 17.7 Å². The van der Waals surface area contributed by atoms with E-state index >= 15 is 0 Å². The molecule has 0 saturated heterocycles. The van der Waals surface area contributed by atoms with Crippen LogP contribution in [0.2, 0.25) is 5.02 Å². The van der Waals surface area contributed by atoms with Crippen molar-refractivity contribution in [2.75, 3.05) is 26.1 Å². The van der Waals surface area contributed by atoms with Crippen LogP contribution in [0.1, 0.15) is 37.7 Å². The molecule has 1 aliphatic rings. The lowest BCUT2D eigenvalue weighted by molar-refractivity contribution is 0.292. The summed E-state index contributed by atoms with van der Waals surface area (Å²) in [5.74, 6) is 1.13. The monoisotopic (exact) mass is 420 g/mol. The Kier molecular flexibility index (Phi) is 6.91. The van der Waals surface area contributed by atoms with Crippen LogP contribution in [0.5, 0.6) is 11.8 Å². The molecule has 1 fully saturated rings. The van der Waals surface area contributed by atoms with Gasteiger partial charge in [0.25, 0.3) is 0 Å². The molecule has 1 saturated carbocycles. The van der Waals surface area contributed by atoms with E-state index in [0.29, 0.717) is 22.8 Å². The molecule has 6 nitrogen and oxygen atoms in total. The van der Waals surface area contributed by atoms with Crippen molar-refractivity contribution in [2.45, 2.75) is 37.5 Å². The van der Waals surface area contributed by atoms with Crippen LogP contribution < -0.4 is 20.1 Å². The number of ether oxygens (including phenoxy) is 2. The van der Waals surface area contributed by atoms with Gasteiger partial charge in [0.05, 0.1) is 20.3 Å². The molecule has 1 aromatic carbocycles. The van der Waals surface area contributed by atoms with Gasteiger partial charge in [-0.3, -0.25) is 0 Å². The molecule has 8 heteroatoms. The maximum atomic E-state index is 6.25. The first-order valence-corrected chi connectivity index (χ1v) is 10.1. The molecule has 150 valence electrons. The van der Waals surface area contributed by atoms with Crippen molar-refractivity contribution in [1.82, 2.24) is 15.3 Å². The lowest BCUT2D eigenvalue weighted by Gasteiger charge is -2.38. The average molecular weight is 421 g/mol. The summed E-state index contributed by atoms with van der Waals surface area (Å²) in [5.41, 5.74) is 1.27. The third-order valence-electron chi connectivity index (χ3n) is 5.16. The summed E-state index contributed by atoms with van der Waals surface area (Å²) in [6.07, 6.45) is 5.87. The second-order valence-electron chi connectivity index (χ2n) is 6.94. The lowest BCUT2D eigenvalue weighted by atomic mass is 9.69. The van der Waals surface area contributed by atoms with Crippen LogP contribution in [0.3, 0.4) is 0 Å². The van der Waals surface area contributed by atoms with Crippen LogP contribution in [0, 0.1) is 0 Å². The zero-order valence-electron chi connectivity index (χ0n) is 16.1. The highest BCUT2D eigenvalue weighted by Crippen LogP contribution is 2.39. The fourth-order valence-corrected chi connectivity index (χ4v) is 4.03. The Morgan fingerprint density at radius 3 is 2.39 bits per heavy atom. The number of halogens is 1. The predicted octanol–water partition coefficient (Wildman–Crippen LogP) is 4.34. The maximum absolute atomic E-state index is 6.25. The number of methoxy groups -OCH3 is 2. The molecule has 0 spiro atoms. The fourth-order valence-electron chi connectivity index (χ4n) is 3.68. The normalized spacial score (nSPS) is 15.5. The Hall–Kier alpha value is -2.12. The second-order valence-corrected chi connectivity index (χ2v) is 7.78. The number of rotatable bonds is 6. The van der Waals surface area contributed by atoms with E-state index in [2.05, 4.69) is 32.7 Å². The molecule has 0 unspecified atom stereocenters. The molecule has 1 aliphatic carbocycles. The minimum atomic E-state index is 0.0157. The van der Waals surface area contributed by atoms with Gasteiger partial charge in [0, 0.05) is 17.0 Å². The molecular weight excluding hydrogens is 396 g/mol. The van der Waals surface area contributed by atoms with Crippen molar-refractivity contribution in [3.63, 3.8) is 0 Å². The fraction of sp³-hybridized carbons (Fsp3) is 0.450. The summed E-state index contributed by atoms with van der Waals surface area (Å²) < 4.78 is 10.3. The van der Waals surface area contributed by atoms with E-state index in [0.717, 1.165) is 24.4 Å². The van der Waals surface area contributed by atoms with Gasteiger partial charge in [-0.15, -0.1) is 0 Å². The second kappa shape index (κ2) is 9.39. The number of aromatic nitrogens is 2. The van der Waals surface area contributed by atoms with Crippen LogP contribution in [0.25, 0.3) is 0 Å². The molecule has 2 aromatic rings. The van der Waals surface area contributed by atoms with Crippen LogP contribution in [-0.2, 0) is 5.41 Å². The summed E-state index contributed by atoms with van der Waals surface area (Å²) in [4.78, 5) is 8.50. The quantitative estimate of drug-likeness (QED) is 0.674. The highest BCUT2D eigenvalue weighted by molar-refractivity contribution is 7.80. The maximum Gasteiger partial charge on any atom is 0.235 e. The van der Waals surface area contributed by atoms with Gasteiger partial charge in [0.15, 0.2) is 5.11 Å². The number of anilines is 1. The van der Waals surface area contributed by atoms with E-state index in [4.69, 9.17) is 33.3 Å². The molecule has 1 heterocycles. The Morgan fingerprint density at radius 2 is 1.79 bits per heavy atom. The number of nitrogens with one attached hydrogen (secondary N) is 2. The third-order valence-corrected chi connectivity index (χ3v) is 5.64. The first-order valence-electron chi connectivity index (χ1n) is 9.33. The summed E-state index contributed by atoms with van der Waals surface area (Å²) in [6, 6.07) is 9.76. The highest BCUT2D eigenvalue weighted by atomic mass is 35.5. The minimum absolute atomic E-state index is 0.0157. The average Bonchev–Trinajstić information content (AvgIpc) is 2.72. The third kappa shape index (κ3) is 5.02. The first kappa shape index (κ1) is 20.6. The molecule has 2 N–H and O–H groups in total. The molecule has 1 aromatic heterocycles. The van der Waals surface area contributed by atoms with Gasteiger partial charge < -0.3 is 20.1 Å². The summed E-state index contributed by atoms with van der Waals surface area (Å²) in [6.45, 7) is 0.722. The van der Waals surface area contributed by atoms with Gasteiger partial charge in [-0.05, 0) is 42.8 Å². The zero-order valence-corrected chi connectivity index (χ0v) is 17.7. The van der Waals surface area contributed by atoms with Crippen LogP contribution >= 0.6 is 23.8 Å². The first-order chi connectivity index (χ1) is 13.5. The highest BCUT2D eigenvalue weighted by Gasteiger charge is 2.34. The largest absolute Gasteiger partial charge is 0.481 e. The molecule has 0 atom stereocenters. The number of benzene rings is 1. The van der Waals surface area contributed by atoms with Crippen molar-refractivity contribution in [2.24, 2.45) is 0 Å². The van der Waals surface area contributed by atoms with Crippen molar-refractivity contribution in [1.29, 1.82) is 0 Å². The van der Waals surface area contributed by atoms with E-state index in [-0.39, 0.29) is 5.41 Å². The van der Waals surface area contributed by atoms with E-state index in [9.17, 15) is 0 Å². The van der Waals surface area contributed by atoms with Gasteiger partial charge in [-0.1, -0.05) is 43.0 Å². The molecule has 0 bridgehead atoms. The Balaban J connectivity index is 1.71. The number of nitrogens with zero attached hydrogens (tertiary/aromatic N) is 2. The molecule has 28 heavy (non-hydrogen) atoms. The zero-order chi connectivity index (χ0) is 20.0. The van der Waals surface area contributed by atoms with Crippen molar-refractivity contribution in [3.05, 3.63) is 40.9 Å². The van der Waals surface area contributed by atoms with Gasteiger partial charge in [-0.2, -0.15) is 9.97 Å². The Labute approximate surface area is 176 Å². The SMILES string of the molecule is COc1cc(OC)nc(NC(=S)NCC2(c3cccc(Cl)c3)CCCCC2)n1. The Bertz CT molecular complexity index is 805. The summed E-state index contributed by atoms with van der Waals surface area (Å²) in [5, 5.41) is 7.60. The summed E-state index contributed by atoms with van der Waals surface area (Å²) >= 11 is 11.7. The van der Waals surface area contributed by atoms with Gasteiger partial charge in [-0.25, -0.2) is 0 Å². The lowest BCUT2D eigenvalue weighted by Crippen LogP contribution is -2.43. The van der Waals surface area contributed by atoms with Crippen molar-refractivity contribution < 1.29 is 9.47 Å². The minimum Gasteiger partial charge on any atom is -0.481 e. The van der Waals surface area contributed by atoms with Crippen molar-refractivity contribution >= 4 is 34.9 Å². The van der Waals surface area contributed by atoms with E-state index in [1.165, 1.54) is 24.8 Å². The van der Waals surface area contributed by atoms with E-state index in [1.807, 2.05) is 12.1 Å². The van der Waals surface area contributed by atoms with Crippen LogP contribution in [-0.4, -0.2) is 35.8 Å². The number of hydrogen-bond donors (Lipinski definition) is 2. The molecule has 0 aliphatic heterocycles. The molecular formula is C20H25ClN4O2S. The standard InChI is InChI=1S/C20H25ClN4O2S/c1-26-16-12-17(27-2)24-18(23-16)25-19(28)22-13-20(9-4-3-5-10-20)14-7-6-8-15(21)11-14/h6-8,11-12H,3-5,9-10,13H2,1-2H3,(H2,22,23,24,25,28). The van der Waals surface area contributed by atoms with Crippen molar-refractivity contribution in [3.8, 4) is 11.8 Å². The topological polar surface area (TPSA) is 68.3 Å². The van der Waals surface area contributed by atoms with Gasteiger partial charge in [0.1, 0.15) is 0 Å². The molecule has 0 amide bonds. The Morgan fingerprint density at radius 1 is 1.11 bits per heavy atom. The van der Waals surface area contributed by atoms with Gasteiger partial charge >= 0.3 is 0 Å². The number of hydrogen-bond acceptors (Lipinski definition) is 5. The molecule has 0 radical (unpaired) electrons. The van der Waals surface area contributed by atoms with E-state index in [1.54, 1.807) is 20.3 Å². The van der Waals surface area contributed by atoms with E-state index < -0.39 is 0 Å². The summed E-state index contributed by atoms with van der Waals surface area (Å²) in [7, 11) is 3.08. The molecule has 3 rings (SSSR count). The van der Waals surface area contributed by atoms with Crippen LogP contribution in [0.15, 0.2) is 30.3 Å². The number of thiocarbonyl (C=S) groups is 1.